The average Bonchev–Trinajstić information content (AvgIpc) is 1.59. The second kappa shape index (κ2) is 65.4. The summed E-state index contributed by atoms with van der Waals surface area (Å²) < 4.78 is 68.4. The van der Waals surface area contributed by atoms with Crippen LogP contribution in [0.25, 0.3) is 0 Å². The molecule has 0 saturated carbocycles. The van der Waals surface area contributed by atoms with Gasteiger partial charge in [0.25, 0.3) is 0 Å². The summed E-state index contributed by atoms with van der Waals surface area (Å²) in [6.07, 6.45) is 50.2. The first-order valence-corrected chi connectivity index (χ1v) is 42.3. The van der Waals surface area contributed by atoms with Gasteiger partial charge in [-0.2, -0.15) is 0 Å². The Balaban J connectivity index is 5.16. The highest BCUT2D eigenvalue weighted by atomic mass is 31.2. The first-order chi connectivity index (χ1) is 45.7. The van der Waals surface area contributed by atoms with E-state index in [9.17, 15) is 43.2 Å². The van der Waals surface area contributed by atoms with E-state index >= 15 is 0 Å². The predicted octanol–water partition coefficient (Wildman–Crippen LogP) is 22.0. The summed E-state index contributed by atoms with van der Waals surface area (Å²) in [4.78, 5) is 72.7. The van der Waals surface area contributed by atoms with E-state index in [-0.39, 0.29) is 25.7 Å². The highest BCUT2D eigenvalue weighted by molar-refractivity contribution is 7.47. The molecule has 0 fully saturated rings. The van der Waals surface area contributed by atoms with Gasteiger partial charge in [0.05, 0.1) is 26.4 Å². The second-order valence-corrected chi connectivity index (χ2v) is 31.5. The summed E-state index contributed by atoms with van der Waals surface area (Å²) in [5.74, 6) is 0.965. The van der Waals surface area contributed by atoms with Gasteiger partial charge in [-0.25, -0.2) is 9.13 Å². The zero-order valence-electron chi connectivity index (χ0n) is 62.3. The molecule has 0 rings (SSSR count). The molecule has 0 aliphatic heterocycles. The van der Waals surface area contributed by atoms with E-state index in [0.717, 1.165) is 114 Å². The zero-order chi connectivity index (χ0) is 70.3. The molecule has 0 aromatic heterocycles. The normalized spacial score (nSPS) is 15.0. The summed E-state index contributed by atoms with van der Waals surface area (Å²) >= 11 is 0. The fourth-order valence-corrected chi connectivity index (χ4v) is 13.0. The van der Waals surface area contributed by atoms with Crippen molar-refractivity contribution in [3.63, 3.8) is 0 Å². The van der Waals surface area contributed by atoms with Gasteiger partial charge in [-0.1, -0.05) is 331 Å². The Morgan fingerprint density at radius 1 is 0.295 bits per heavy atom. The number of aliphatic hydroxyl groups is 1. The third-order valence-corrected chi connectivity index (χ3v) is 20.6. The first kappa shape index (κ1) is 93.1. The lowest BCUT2D eigenvalue weighted by Crippen LogP contribution is -2.30. The van der Waals surface area contributed by atoms with Crippen LogP contribution < -0.4 is 0 Å². The topological polar surface area (TPSA) is 237 Å². The van der Waals surface area contributed by atoms with Gasteiger partial charge in [-0.3, -0.25) is 37.3 Å². The van der Waals surface area contributed by atoms with Crippen LogP contribution in [0.5, 0.6) is 0 Å². The summed E-state index contributed by atoms with van der Waals surface area (Å²) in [5, 5.41) is 10.6. The standard InChI is InChI=1S/C76H148O17P2/c1-9-67(6)53-45-37-28-22-20-18-16-14-12-13-15-17-19-21-23-31-40-48-56-73(78)86-62-71(92-75(80)58-50-42-32-26-24-29-38-46-54-68(7)10-2)64-90-94(82,83)88-60-70(77)61-89-95(84,85)91-65-72(63-87-74(79)57-49-41-35-34-36-44-52-66(4)5)93-76(81)59-51-43-33-27-25-30-39-47-55-69(8)11-3/h66-72,77H,9-65H2,1-8H3,(H,82,83)(H,84,85)/t67?,68?,69?,70-,71-,72-/m1/s1. The minimum absolute atomic E-state index is 0.103. The van der Waals surface area contributed by atoms with Gasteiger partial charge in [0.1, 0.15) is 19.3 Å². The molecule has 0 radical (unpaired) electrons. The van der Waals surface area contributed by atoms with Crippen molar-refractivity contribution in [2.45, 2.75) is 401 Å². The average molecular weight is 1400 g/mol. The molecule has 19 heteroatoms. The van der Waals surface area contributed by atoms with Crippen LogP contribution in [0.15, 0.2) is 0 Å². The van der Waals surface area contributed by atoms with E-state index in [0.29, 0.717) is 31.6 Å². The summed E-state index contributed by atoms with van der Waals surface area (Å²) in [5.41, 5.74) is 0. The summed E-state index contributed by atoms with van der Waals surface area (Å²) in [7, 11) is -9.91. The van der Waals surface area contributed by atoms with Gasteiger partial charge < -0.3 is 33.8 Å². The lowest BCUT2D eigenvalue weighted by atomic mass is 9.99. The first-order valence-electron chi connectivity index (χ1n) is 39.3. The number of carbonyl (C=O) groups is 4. The predicted molar refractivity (Wildman–Crippen MR) is 386 cm³/mol. The Morgan fingerprint density at radius 2 is 0.505 bits per heavy atom. The number of unbranched alkanes of at least 4 members (excludes halogenated alkanes) is 36. The maximum Gasteiger partial charge on any atom is 0.472 e. The minimum Gasteiger partial charge on any atom is -0.462 e. The lowest BCUT2D eigenvalue weighted by Gasteiger charge is -2.21. The van der Waals surface area contributed by atoms with Gasteiger partial charge in [0.2, 0.25) is 0 Å². The third kappa shape index (κ3) is 66.4. The maximum atomic E-state index is 13.1. The summed E-state index contributed by atoms with van der Waals surface area (Å²) in [6, 6.07) is 0. The molecule has 0 bridgehead atoms. The number of phosphoric acid groups is 2. The second-order valence-electron chi connectivity index (χ2n) is 28.6. The number of hydrogen-bond acceptors (Lipinski definition) is 15. The van der Waals surface area contributed by atoms with Crippen LogP contribution in [0.2, 0.25) is 0 Å². The Morgan fingerprint density at radius 3 is 0.747 bits per heavy atom. The lowest BCUT2D eigenvalue weighted by molar-refractivity contribution is -0.161. The molecule has 0 aliphatic carbocycles. The van der Waals surface area contributed by atoms with Crippen LogP contribution in [-0.2, 0) is 65.4 Å². The van der Waals surface area contributed by atoms with Crippen LogP contribution >= 0.6 is 15.6 Å². The van der Waals surface area contributed by atoms with Crippen molar-refractivity contribution < 1.29 is 80.2 Å². The molecule has 0 aromatic rings. The monoisotopic (exact) mass is 1400 g/mol. The van der Waals surface area contributed by atoms with E-state index in [1.807, 2.05) is 0 Å². The van der Waals surface area contributed by atoms with Gasteiger partial charge >= 0.3 is 39.5 Å². The molecule has 0 amide bonds. The Hall–Kier alpha value is -1.94. The van der Waals surface area contributed by atoms with Crippen LogP contribution in [0.3, 0.4) is 0 Å². The van der Waals surface area contributed by atoms with Crippen LogP contribution in [-0.4, -0.2) is 96.7 Å². The largest absolute Gasteiger partial charge is 0.472 e. The molecule has 95 heavy (non-hydrogen) atoms. The van der Waals surface area contributed by atoms with Gasteiger partial charge in [0, 0.05) is 25.7 Å². The van der Waals surface area contributed by atoms with E-state index in [1.54, 1.807) is 0 Å². The number of phosphoric ester groups is 2. The van der Waals surface area contributed by atoms with Crippen molar-refractivity contribution in [3.05, 3.63) is 0 Å². The number of esters is 4. The smallest absolute Gasteiger partial charge is 0.462 e. The van der Waals surface area contributed by atoms with Crippen molar-refractivity contribution in [1.29, 1.82) is 0 Å². The third-order valence-electron chi connectivity index (χ3n) is 18.7. The Labute approximate surface area is 581 Å². The molecule has 0 saturated heterocycles. The molecular weight excluding hydrogens is 1250 g/mol. The van der Waals surface area contributed by atoms with Crippen molar-refractivity contribution in [3.8, 4) is 0 Å². The molecule has 564 valence electrons. The quantitative estimate of drug-likeness (QED) is 0.0222. The Kier molecular flexibility index (Phi) is 64.0. The van der Waals surface area contributed by atoms with E-state index in [1.165, 1.54) is 180 Å². The maximum absolute atomic E-state index is 13.1. The van der Waals surface area contributed by atoms with Gasteiger partial charge in [0.15, 0.2) is 12.2 Å². The van der Waals surface area contributed by atoms with E-state index in [4.69, 9.17) is 37.0 Å². The minimum atomic E-state index is -4.96. The number of rotatable bonds is 73. The van der Waals surface area contributed by atoms with Crippen molar-refractivity contribution >= 4 is 39.5 Å². The van der Waals surface area contributed by atoms with Crippen LogP contribution in [0, 0.1) is 23.7 Å². The fourth-order valence-electron chi connectivity index (χ4n) is 11.5. The van der Waals surface area contributed by atoms with Crippen molar-refractivity contribution in [1.82, 2.24) is 0 Å². The van der Waals surface area contributed by atoms with Crippen LogP contribution in [0.4, 0.5) is 0 Å². The molecule has 5 unspecified atom stereocenters. The molecule has 0 aliphatic rings. The summed E-state index contributed by atoms with van der Waals surface area (Å²) in [6.45, 7) is 14.2. The number of carbonyl (C=O) groups excluding carboxylic acids is 4. The number of ether oxygens (including phenoxy) is 4. The van der Waals surface area contributed by atoms with Crippen molar-refractivity contribution in [2.75, 3.05) is 39.6 Å². The zero-order valence-corrected chi connectivity index (χ0v) is 64.1. The van der Waals surface area contributed by atoms with E-state index in [2.05, 4.69) is 55.4 Å². The fraction of sp³-hybridized carbons (Fsp3) is 0.947. The molecule has 3 N–H and O–H groups in total. The molecular formula is C76H148O17P2. The van der Waals surface area contributed by atoms with E-state index < -0.39 is 97.5 Å². The van der Waals surface area contributed by atoms with Crippen molar-refractivity contribution in [2.24, 2.45) is 23.7 Å². The SMILES string of the molecule is CCC(C)CCCCCCCCCCCCCCCCCCCCC(=O)OC[C@H](COP(=O)(O)OC[C@@H](O)COP(=O)(O)OC[C@@H](COC(=O)CCCCCCCCC(C)C)OC(=O)CCCCCCCCCCC(C)CC)OC(=O)CCCCCCCCCCC(C)CC. The molecule has 0 aromatic carbocycles. The molecule has 17 nitrogen and oxygen atoms in total. The molecule has 8 atom stereocenters. The molecule has 0 heterocycles. The highest BCUT2D eigenvalue weighted by Gasteiger charge is 2.30. The van der Waals surface area contributed by atoms with Crippen LogP contribution in [0.1, 0.15) is 383 Å². The molecule has 0 spiro atoms. The number of aliphatic hydroxyl groups excluding tert-OH is 1. The number of hydrogen-bond donors (Lipinski definition) is 3. The Bertz CT molecular complexity index is 1870. The van der Waals surface area contributed by atoms with Gasteiger partial charge in [-0.15, -0.1) is 0 Å². The highest BCUT2D eigenvalue weighted by Crippen LogP contribution is 2.45. The van der Waals surface area contributed by atoms with Gasteiger partial charge in [-0.05, 0) is 49.4 Å².